The van der Waals surface area contributed by atoms with Crippen LogP contribution < -0.4 is 5.73 Å². The molecule has 1 atom stereocenters. The van der Waals surface area contributed by atoms with Crippen molar-refractivity contribution >= 4 is 11.6 Å². The number of benzene rings is 1. The van der Waals surface area contributed by atoms with Crippen LogP contribution in [0.1, 0.15) is 29.7 Å². The molecule has 0 saturated heterocycles. The highest BCUT2D eigenvalue weighted by Gasteiger charge is 2.49. The molecule has 106 valence electrons. The van der Waals surface area contributed by atoms with E-state index >= 15 is 0 Å². The molecule has 0 bridgehead atoms. The Morgan fingerprint density at radius 2 is 2.00 bits per heavy atom. The van der Waals surface area contributed by atoms with Gasteiger partial charge in [0.1, 0.15) is 5.15 Å². The molecule has 2 aromatic rings. The van der Waals surface area contributed by atoms with Crippen molar-refractivity contribution in [3.8, 4) is 0 Å². The Bertz CT molecular complexity index is 614. The Morgan fingerprint density at radius 1 is 1.35 bits per heavy atom. The molecule has 20 heavy (non-hydrogen) atoms. The van der Waals surface area contributed by atoms with Crippen LogP contribution in [0.25, 0.3) is 0 Å². The Kier molecular flexibility index (Phi) is 3.35. The van der Waals surface area contributed by atoms with E-state index in [4.69, 9.17) is 17.3 Å². The van der Waals surface area contributed by atoms with Crippen molar-refractivity contribution in [3.63, 3.8) is 0 Å². The molecule has 3 rings (SSSR count). The summed E-state index contributed by atoms with van der Waals surface area (Å²) in [4.78, 5) is 0. The maximum absolute atomic E-state index is 6.53. The summed E-state index contributed by atoms with van der Waals surface area (Å²) in [5, 5.41) is 5.08. The zero-order valence-corrected chi connectivity index (χ0v) is 12.7. The summed E-state index contributed by atoms with van der Waals surface area (Å²) in [6.07, 6.45) is 3.11. The first-order valence-corrected chi connectivity index (χ1v) is 7.41. The second-order valence-corrected chi connectivity index (χ2v) is 6.17. The molecule has 1 heterocycles. The summed E-state index contributed by atoms with van der Waals surface area (Å²) in [5.41, 5.74) is 10.1. The van der Waals surface area contributed by atoms with Crippen LogP contribution in [-0.4, -0.2) is 15.8 Å². The van der Waals surface area contributed by atoms with E-state index in [1.54, 1.807) is 4.68 Å². The average molecular weight is 290 g/mol. The van der Waals surface area contributed by atoms with Crippen molar-refractivity contribution < 1.29 is 0 Å². The Hall–Kier alpha value is -1.32. The first-order chi connectivity index (χ1) is 9.54. The largest absolute Gasteiger partial charge is 0.327 e. The van der Waals surface area contributed by atoms with Gasteiger partial charge in [0.2, 0.25) is 0 Å². The van der Waals surface area contributed by atoms with E-state index in [1.807, 2.05) is 20.0 Å². The van der Waals surface area contributed by atoms with Crippen LogP contribution >= 0.6 is 11.6 Å². The van der Waals surface area contributed by atoms with Gasteiger partial charge < -0.3 is 5.73 Å². The monoisotopic (exact) mass is 289 g/mol. The van der Waals surface area contributed by atoms with Gasteiger partial charge in [0.25, 0.3) is 0 Å². The topological polar surface area (TPSA) is 43.8 Å². The number of halogens is 1. The van der Waals surface area contributed by atoms with E-state index in [-0.39, 0.29) is 11.5 Å². The van der Waals surface area contributed by atoms with Crippen molar-refractivity contribution in [2.75, 3.05) is 0 Å². The van der Waals surface area contributed by atoms with Crippen LogP contribution in [0, 0.1) is 6.92 Å². The molecule has 0 aliphatic heterocycles. The van der Waals surface area contributed by atoms with Gasteiger partial charge in [-0.25, -0.2) is 0 Å². The molecule has 1 fully saturated rings. The molecule has 1 aromatic heterocycles. The van der Waals surface area contributed by atoms with Crippen molar-refractivity contribution in [1.82, 2.24) is 9.78 Å². The lowest BCUT2D eigenvalue weighted by molar-refractivity contribution is 0.513. The predicted octanol–water partition coefficient (Wildman–Crippen LogP) is 2.98. The first-order valence-electron chi connectivity index (χ1n) is 7.04. The molecule has 1 saturated carbocycles. The van der Waals surface area contributed by atoms with E-state index in [0.717, 1.165) is 30.5 Å². The van der Waals surface area contributed by atoms with Gasteiger partial charge in [0.15, 0.2) is 0 Å². The fraction of sp³-hybridized carbons (Fsp3) is 0.438. The fourth-order valence-electron chi connectivity index (χ4n) is 3.10. The van der Waals surface area contributed by atoms with E-state index in [0.29, 0.717) is 5.15 Å². The van der Waals surface area contributed by atoms with E-state index in [2.05, 4.69) is 29.4 Å². The van der Waals surface area contributed by atoms with Gasteiger partial charge in [0.05, 0.1) is 5.69 Å². The normalized spacial score (nSPS) is 18.0. The van der Waals surface area contributed by atoms with Crippen molar-refractivity contribution in [2.24, 2.45) is 12.8 Å². The second kappa shape index (κ2) is 4.90. The van der Waals surface area contributed by atoms with E-state index in [9.17, 15) is 0 Å². The third-order valence-corrected chi connectivity index (χ3v) is 5.01. The van der Waals surface area contributed by atoms with Gasteiger partial charge in [-0.05, 0) is 31.7 Å². The molecule has 0 amide bonds. The lowest BCUT2D eigenvalue weighted by atomic mass is 9.85. The standard InChI is InChI=1S/C16H20ClN3/c1-11-13(15(17)20(2)19-11)10-14(18)16(8-9-16)12-6-4-3-5-7-12/h3-7,14H,8-10,18H2,1-2H3. The van der Waals surface area contributed by atoms with Gasteiger partial charge in [-0.2, -0.15) is 5.10 Å². The average Bonchev–Trinajstić information content (AvgIpc) is 3.22. The molecule has 1 aliphatic rings. The molecular weight excluding hydrogens is 270 g/mol. The fourth-order valence-corrected chi connectivity index (χ4v) is 3.35. The highest BCUT2D eigenvalue weighted by molar-refractivity contribution is 6.30. The molecule has 0 spiro atoms. The van der Waals surface area contributed by atoms with Gasteiger partial charge in [-0.1, -0.05) is 41.9 Å². The predicted molar refractivity (Wildman–Crippen MR) is 82.0 cm³/mol. The maximum atomic E-state index is 6.53. The quantitative estimate of drug-likeness (QED) is 0.940. The molecule has 3 nitrogen and oxygen atoms in total. The molecule has 4 heteroatoms. The van der Waals surface area contributed by atoms with Crippen molar-refractivity contribution in [3.05, 3.63) is 52.3 Å². The Balaban J connectivity index is 1.85. The van der Waals surface area contributed by atoms with Gasteiger partial charge in [-0.3, -0.25) is 4.68 Å². The third kappa shape index (κ3) is 2.15. The minimum atomic E-state index is 0.0882. The number of hydrogen-bond donors (Lipinski definition) is 1. The zero-order chi connectivity index (χ0) is 14.3. The molecule has 0 radical (unpaired) electrons. The third-order valence-electron chi connectivity index (χ3n) is 4.54. The lowest BCUT2D eigenvalue weighted by Crippen LogP contribution is -2.37. The van der Waals surface area contributed by atoms with Crippen LogP contribution in [-0.2, 0) is 18.9 Å². The minimum Gasteiger partial charge on any atom is -0.327 e. The number of hydrogen-bond acceptors (Lipinski definition) is 2. The summed E-state index contributed by atoms with van der Waals surface area (Å²) < 4.78 is 1.72. The molecule has 1 unspecified atom stereocenters. The number of nitrogens with two attached hydrogens (primary N) is 1. The smallest absolute Gasteiger partial charge is 0.130 e. The van der Waals surface area contributed by atoms with Crippen LogP contribution in [0.4, 0.5) is 0 Å². The number of aryl methyl sites for hydroxylation is 2. The summed E-state index contributed by atoms with van der Waals surface area (Å²) in [7, 11) is 1.87. The van der Waals surface area contributed by atoms with Crippen LogP contribution in [0.3, 0.4) is 0 Å². The molecular formula is C16H20ClN3. The van der Waals surface area contributed by atoms with Gasteiger partial charge in [0, 0.05) is 24.1 Å². The first kappa shape index (κ1) is 13.7. The SMILES string of the molecule is Cc1nn(C)c(Cl)c1CC(N)C1(c2ccccc2)CC1. The lowest BCUT2D eigenvalue weighted by Gasteiger charge is -2.24. The zero-order valence-electron chi connectivity index (χ0n) is 11.9. The molecule has 2 N–H and O–H groups in total. The minimum absolute atomic E-state index is 0.0882. The highest BCUT2D eigenvalue weighted by atomic mass is 35.5. The summed E-state index contributed by atoms with van der Waals surface area (Å²) in [6.45, 7) is 2.00. The van der Waals surface area contributed by atoms with Gasteiger partial charge >= 0.3 is 0 Å². The van der Waals surface area contributed by atoms with Gasteiger partial charge in [-0.15, -0.1) is 0 Å². The second-order valence-electron chi connectivity index (χ2n) is 5.81. The number of rotatable bonds is 4. The van der Waals surface area contributed by atoms with Crippen LogP contribution in [0.2, 0.25) is 5.15 Å². The summed E-state index contributed by atoms with van der Waals surface area (Å²) in [6, 6.07) is 10.7. The molecule has 1 aromatic carbocycles. The number of aromatic nitrogens is 2. The summed E-state index contributed by atoms with van der Waals surface area (Å²) >= 11 is 6.32. The maximum Gasteiger partial charge on any atom is 0.130 e. The van der Waals surface area contributed by atoms with Crippen molar-refractivity contribution in [1.29, 1.82) is 0 Å². The molecule has 1 aliphatic carbocycles. The Morgan fingerprint density at radius 3 is 2.50 bits per heavy atom. The Labute approximate surface area is 124 Å². The number of nitrogens with zero attached hydrogens (tertiary/aromatic N) is 2. The van der Waals surface area contributed by atoms with Crippen LogP contribution in [0.15, 0.2) is 30.3 Å². The van der Waals surface area contributed by atoms with E-state index in [1.165, 1.54) is 5.56 Å². The van der Waals surface area contributed by atoms with Crippen LogP contribution in [0.5, 0.6) is 0 Å². The van der Waals surface area contributed by atoms with E-state index < -0.39 is 0 Å². The van der Waals surface area contributed by atoms with Crippen molar-refractivity contribution in [2.45, 2.75) is 37.6 Å². The summed E-state index contributed by atoms with van der Waals surface area (Å²) in [5.74, 6) is 0. The highest BCUT2D eigenvalue weighted by Crippen LogP contribution is 2.51.